The molecule has 3 N–H and O–H groups in total. The summed E-state index contributed by atoms with van der Waals surface area (Å²) in [5.41, 5.74) is 0. The molecule has 0 amide bonds. The number of ether oxygens (including phenoxy) is 1. The van der Waals surface area contributed by atoms with E-state index in [-0.39, 0.29) is 19.0 Å². The van der Waals surface area contributed by atoms with Crippen molar-refractivity contribution in [3.63, 3.8) is 0 Å². The van der Waals surface area contributed by atoms with Crippen LogP contribution in [0.2, 0.25) is 0 Å². The number of carbonyl (C=O) groups is 3. The van der Waals surface area contributed by atoms with E-state index in [0.29, 0.717) is 6.42 Å². The van der Waals surface area contributed by atoms with Gasteiger partial charge in [0.05, 0.1) is 13.2 Å². The van der Waals surface area contributed by atoms with Crippen LogP contribution in [0.4, 0.5) is 0 Å². The molecule has 0 bridgehead atoms. The third kappa shape index (κ3) is 31.4. The summed E-state index contributed by atoms with van der Waals surface area (Å²) in [6.07, 6.45) is 0.645. The number of ketones is 1. The monoisotopic (exact) mass is 278 g/mol. The fourth-order valence-corrected chi connectivity index (χ4v) is 0.241. The molecule has 0 saturated heterocycles. The minimum atomic E-state index is -0.954. The Hall–Kier alpha value is -1.57. The van der Waals surface area contributed by atoms with Gasteiger partial charge >= 0.3 is 11.9 Å². The number of Topliss-reactive ketones (excluding diaryl/α,β-unsaturated/α-hetero) is 1. The molecule has 0 saturated carbocycles. The highest BCUT2D eigenvalue weighted by Gasteiger charge is 1.96. The average Bonchev–Trinajstić information content (AvgIpc) is 2.38. The standard InChI is InChI=1S/C5H6O3.C4H8O.C3H8O3/c1-3-5(7)8-4(2)6;1-3-4(2)5;4-1-3(6)2-5/h3H,1H2,2H3;3H2,1-2H3;3-6H,1-2H2. The molecule has 112 valence electrons. The van der Waals surface area contributed by atoms with Crippen LogP contribution >= 0.6 is 0 Å². The first-order chi connectivity index (χ1) is 8.74. The lowest BCUT2D eigenvalue weighted by atomic mass is 10.4. The summed E-state index contributed by atoms with van der Waals surface area (Å²) in [5.74, 6) is -1.07. The van der Waals surface area contributed by atoms with Crippen molar-refractivity contribution in [3.8, 4) is 0 Å². The van der Waals surface area contributed by atoms with Crippen LogP contribution in [0, 0.1) is 0 Å². The molecule has 0 unspecified atom stereocenters. The largest absolute Gasteiger partial charge is 0.394 e. The number of aliphatic hydroxyl groups excluding tert-OH is 3. The van der Waals surface area contributed by atoms with Crippen LogP contribution in [-0.4, -0.2) is 52.4 Å². The lowest BCUT2D eigenvalue weighted by molar-refractivity contribution is -0.154. The summed E-state index contributed by atoms with van der Waals surface area (Å²) < 4.78 is 4.00. The molecule has 0 aliphatic carbocycles. The van der Waals surface area contributed by atoms with Gasteiger partial charge in [0, 0.05) is 19.4 Å². The minimum absolute atomic E-state index is 0.255. The van der Waals surface area contributed by atoms with E-state index in [1.165, 1.54) is 0 Å². The molecule has 0 aromatic carbocycles. The average molecular weight is 278 g/mol. The highest BCUT2D eigenvalue weighted by atomic mass is 16.6. The van der Waals surface area contributed by atoms with Gasteiger partial charge in [0.15, 0.2) is 0 Å². The van der Waals surface area contributed by atoms with E-state index in [4.69, 9.17) is 15.3 Å². The van der Waals surface area contributed by atoms with E-state index in [0.717, 1.165) is 13.0 Å². The van der Waals surface area contributed by atoms with Crippen molar-refractivity contribution in [2.45, 2.75) is 33.3 Å². The Bertz CT molecular complexity index is 269. The van der Waals surface area contributed by atoms with Crippen LogP contribution < -0.4 is 0 Å². The molecule has 7 nitrogen and oxygen atoms in total. The molecule has 0 fully saturated rings. The third-order valence-electron chi connectivity index (χ3n) is 1.33. The molecular formula is C12H22O7. The maximum atomic E-state index is 10.1. The smallest absolute Gasteiger partial charge is 0.337 e. The van der Waals surface area contributed by atoms with Crippen molar-refractivity contribution in [2.75, 3.05) is 13.2 Å². The van der Waals surface area contributed by atoms with Gasteiger partial charge in [-0.25, -0.2) is 4.79 Å². The van der Waals surface area contributed by atoms with Crippen LogP contribution in [0.3, 0.4) is 0 Å². The molecule has 0 heterocycles. The normalized spacial score (nSPS) is 8.37. The maximum Gasteiger partial charge on any atom is 0.337 e. The second kappa shape index (κ2) is 16.4. The minimum Gasteiger partial charge on any atom is -0.394 e. The molecule has 0 aromatic rings. The van der Waals surface area contributed by atoms with Gasteiger partial charge in [-0.1, -0.05) is 13.5 Å². The summed E-state index contributed by atoms with van der Waals surface area (Å²) >= 11 is 0. The molecule has 19 heavy (non-hydrogen) atoms. The molecule has 0 spiro atoms. The van der Waals surface area contributed by atoms with Gasteiger partial charge in [0.25, 0.3) is 0 Å². The second-order valence-corrected chi connectivity index (χ2v) is 3.19. The Morgan fingerprint density at radius 1 is 1.21 bits per heavy atom. The summed E-state index contributed by atoms with van der Waals surface area (Å²) in [4.78, 5) is 29.8. The zero-order chi connectivity index (χ0) is 15.8. The van der Waals surface area contributed by atoms with E-state index >= 15 is 0 Å². The van der Waals surface area contributed by atoms with Crippen molar-refractivity contribution in [1.29, 1.82) is 0 Å². The first-order valence-corrected chi connectivity index (χ1v) is 5.49. The van der Waals surface area contributed by atoms with Crippen LogP contribution in [0.15, 0.2) is 12.7 Å². The number of rotatable bonds is 4. The Morgan fingerprint density at radius 2 is 1.58 bits per heavy atom. The van der Waals surface area contributed by atoms with Gasteiger partial charge in [-0.05, 0) is 6.92 Å². The topological polar surface area (TPSA) is 121 Å². The first-order valence-electron chi connectivity index (χ1n) is 5.49. The lowest BCUT2D eigenvalue weighted by Gasteiger charge is -1.96. The van der Waals surface area contributed by atoms with E-state index in [2.05, 4.69) is 11.3 Å². The fourth-order valence-electron chi connectivity index (χ4n) is 0.241. The highest BCUT2D eigenvalue weighted by molar-refractivity contribution is 5.90. The van der Waals surface area contributed by atoms with Gasteiger partial charge in [-0.3, -0.25) is 4.79 Å². The van der Waals surface area contributed by atoms with Gasteiger partial charge < -0.3 is 24.9 Å². The van der Waals surface area contributed by atoms with Crippen LogP contribution in [0.1, 0.15) is 27.2 Å². The Balaban J connectivity index is -0.000000209. The second-order valence-electron chi connectivity index (χ2n) is 3.19. The Morgan fingerprint density at radius 3 is 1.63 bits per heavy atom. The van der Waals surface area contributed by atoms with Gasteiger partial charge in [-0.15, -0.1) is 0 Å². The predicted octanol–water partition coefficient (Wildman–Crippen LogP) is -0.421. The molecular weight excluding hydrogens is 256 g/mol. The van der Waals surface area contributed by atoms with Crippen molar-refractivity contribution < 1.29 is 34.4 Å². The van der Waals surface area contributed by atoms with Gasteiger partial charge in [0.2, 0.25) is 0 Å². The predicted molar refractivity (Wildman–Crippen MR) is 68.1 cm³/mol. The molecule has 0 aliphatic rings. The van der Waals surface area contributed by atoms with E-state index in [9.17, 15) is 14.4 Å². The molecule has 0 atom stereocenters. The number of carbonyl (C=O) groups excluding carboxylic acids is 3. The molecule has 0 aliphatic heterocycles. The molecule has 0 radical (unpaired) electrons. The van der Waals surface area contributed by atoms with Crippen molar-refractivity contribution in [1.82, 2.24) is 0 Å². The quantitative estimate of drug-likeness (QED) is 0.363. The zero-order valence-corrected chi connectivity index (χ0v) is 11.5. The van der Waals surface area contributed by atoms with Crippen molar-refractivity contribution >= 4 is 17.7 Å². The SMILES string of the molecule is C=CC(=O)OC(C)=O.CCC(C)=O.OCC(O)CO. The molecule has 0 aromatic heterocycles. The summed E-state index contributed by atoms with van der Waals surface area (Å²) in [6.45, 7) is 6.94. The number of hydrogen-bond acceptors (Lipinski definition) is 7. The number of hydrogen-bond donors (Lipinski definition) is 3. The maximum absolute atomic E-state index is 10.1. The Kier molecular flexibility index (Phi) is 19.5. The summed E-state index contributed by atoms with van der Waals surface area (Å²) in [6, 6.07) is 0. The number of esters is 2. The van der Waals surface area contributed by atoms with Crippen molar-refractivity contribution in [2.24, 2.45) is 0 Å². The summed E-state index contributed by atoms with van der Waals surface area (Å²) in [7, 11) is 0. The van der Waals surface area contributed by atoms with Crippen LogP contribution in [-0.2, 0) is 19.1 Å². The first kappa shape index (κ1) is 22.6. The van der Waals surface area contributed by atoms with E-state index in [1.54, 1.807) is 6.92 Å². The zero-order valence-electron chi connectivity index (χ0n) is 11.5. The lowest BCUT2D eigenvalue weighted by Crippen LogP contribution is -2.15. The van der Waals surface area contributed by atoms with Gasteiger partial charge in [-0.2, -0.15) is 0 Å². The number of aliphatic hydroxyl groups is 3. The van der Waals surface area contributed by atoms with Crippen LogP contribution in [0.5, 0.6) is 0 Å². The molecule has 7 heteroatoms. The fraction of sp³-hybridized carbons (Fsp3) is 0.583. The Labute approximate surface area is 112 Å². The molecule has 0 rings (SSSR count). The summed E-state index contributed by atoms with van der Waals surface area (Å²) in [5, 5.41) is 24.0. The van der Waals surface area contributed by atoms with Crippen LogP contribution in [0.25, 0.3) is 0 Å². The van der Waals surface area contributed by atoms with Crippen molar-refractivity contribution in [3.05, 3.63) is 12.7 Å². The third-order valence-corrected chi connectivity index (χ3v) is 1.33. The van der Waals surface area contributed by atoms with E-state index in [1.807, 2.05) is 6.92 Å². The van der Waals surface area contributed by atoms with Gasteiger partial charge in [0.1, 0.15) is 11.9 Å². The van der Waals surface area contributed by atoms with E-state index < -0.39 is 18.0 Å². The highest BCUT2D eigenvalue weighted by Crippen LogP contribution is 1.77.